The van der Waals surface area contributed by atoms with Crippen molar-refractivity contribution >= 4 is 11.7 Å². The highest BCUT2D eigenvalue weighted by Gasteiger charge is 2.59. The fourth-order valence-electron chi connectivity index (χ4n) is 6.68. The summed E-state index contributed by atoms with van der Waals surface area (Å²) in [5.74, 6) is 2.92. The maximum Gasteiger partial charge on any atom is 0.223 e. The number of carbonyl (C=O) groups excluding carboxylic acids is 1. The molecule has 2 atom stereocenters. The highest BCUT2D eigenvalue weighted by molar-refractivity contribution is 5.97. The number of rotatable bonds is 5. The number of amides is 1. The van der Waals surface area contributed by atoms with E-state index in [9.17, 15) is 10.1 Å². The Morgan fingerprint density at radius 3 is 2.38 bits per heavy atom. The third-order valence-corrected chi connectivity index (χ3v) is 8.04. The van der Waals surface area contributed by atoms with Crippen LogP contribution in [0.1, 0.15) is 50.5 Å². The van der Waals surface area contributed by atoms with Gasteiger partial charge in [-0.2, -0.15) is 5.26 Å². The number of benzene rings is 1. The van der Waals surface area contributed by atoms with Gasteiger partial charge < -0.3 is 10.5 Å². The summed E-state index contributed by atoms with van der Waals surface area (Å²) in [6.07, 6.45) is 9.05. The molecule has 1 amide bonds. The zero-order valence-corrected chi connectivity index (χ0v) is 16.9. The first-order valence-electron chi connectivity index (χ1n) is 10.7. The molecule has 0 radical (unpaired) electrons. The largest absolute Gasteiger partial charge is 0.497 e. The minimum absolute atomic E-state index is 0.119. The summed E-state index contributed by atoms with van der Waals surface area (Å²) in [6, 6.07) is 8.29. The van der Waals surface area contributed by atoms with Crippen molar-refractivity contribution < 1.29 is 9.53 Å². The second kappa shape index (κ2) is 6.48. The molecule has 5 fully saturated rings. The lowest BCUT2D eigenvalue weighted by Gasteiger charge is -2.57. The van der Waals surface area contributed by atoms with Crippen molar-refractivity contribution in [2.45, 2.75) is 56.4 Å². The molecule has 6 heteroatoms. The fourth-order valence-corrected chi connectivity index (χ4v) is 6.68. The standard InChI is InChI=1S/C23H28N4O2/c1-29-18-4-2-17(3-5-18)23(6-7-23)21(26-13-24)27-19-15-8-14-9-16(19)12-22(10-14,11-15)20(25)28/h2-5,14-16,19H,6-12H2,1H3,(H2,25,28)(H,26,27). The molecule has 0 saturated heterocycles. The Morgan fingerprint density at radius 1 is 1.21 bits per heavy atom. The summed E-state index contributed by atoms with van der Waals surface area (Å²) in [5.41, 5.74) is 6.50. The molecule has 1 aromatic carbocycles. The van der Waals surface area contributed by atoms with E-state index < -0.39 is 0 Å². The van der Waals surface area contributed by atoms with Gasteiger partial charge in [0.2, 0.25) is 5.91 Å². The highest BCUT2D eigenvalue weighted by Crippen LogP contribution is 2.61. The third-order valence-electron chi connectivity index (χ3n) is 8.04. The number of hydrogen-bond donors (Lipinski definition) is 2. The van der Waals surface area contributed by atoms with E-state index >= 15 is 0 Å². The van der Waals surface area contributed by atoms with E-state index in [1.165, 1.54) is 5.56 Å². The summed E-state index contributed by atoms with van der Waals surface area (Å²) >= 11 is 0. The Kier molecular flexibility index (Phi) is 4.13. The predicted molar refractivity (Wildman–Crippen MR) is 109 cm³/mol. The number of hydrogen-bond acceptors (Lipinski definition) is 4. The van der Waals surface area contributed by atoms with Crippen molar-refractivity contribution in [3.05, 3.63) is 29.8 Å². The van der Waals surface area contributed by atoms with Crippen LogP contribution in [-0.4, -0.2) is 24.9 Å². The Labute approximate surface area is 171 Å². The van der Waals surface area contributed by atoms with Crippen molar-refractivity contribution in [1.82, 2.24) is 5.32 Å². The van der Waals surface area contributed by atoms with Crippen LogP contribution < -0.4 is 15.8 Å². The minimum Gasteiger partial charge on any atom is -0.497 e. The van der Waals surface area contributed by atoms with Gasteiger partial charge in [-0.3, -0.25) is 15.1 Å². The van der Waals surface area contributed by atoms with Crippen LogP contribution in [0, 0.1) is 34.6 Å². The van der Waals surface area contributed by atoms with Gasteiger partial charge in [0.1, 0.15) is 11.6 Å². The minimum atomic E-state index is -0.307. The average molecular weight is 393 g/mol. The number of nitrogens with one attached hydrogen (secondary N) is 1. The number of primary amides is 1. The SMILES string of the molecule is COc1ccc(C2(C(=NC3C4CC5CC3CC(C(N)=O)(C5)C4)NC#N)CC2)cc1. The average Bonchev–Trinajstić information content (AvgIpc) is 3.51. The molecule has 6 rings (SSSR count). The molecule has 0 spiro atoms. The molecule has 0 heterocycles. The van der Waals surface area contributed by atoms with Crippen LogP contribution >= 0.6 is 0 Å². The van der Waals surface area contributed by atoms with E-state index in [0.29, 0.717) is 17.8 Å². The second-order valence-electron chi connectivity index (χ2n) is 9.63. The lowest BCUT2D eigenvalue weighted by molar-refractivity contribution is -0.144. The van der Waals surface area contributed by atoms with Crippen LogP contribution in [0.15, 0.2) is 29.3 Å². The molecule has 4 bridgehead atoms. The summed E-state index contributed by atoms with van der Waals surface area (Å²) in [7, 11) is 1.66. The van der Waals surface area contributed by atoms with Crippen LogP contribution in [-0.2, 0) is 10.2 Å². The second-order valence-corrected chi connectivity index (χ2v) is 9.63. The Hall–Kier alpha value is -2.55. The van der Waals surface area contributed by atoms with Gasteiger partial charge in [-0.05, 0) is 80.4 Å². The van der Waals surface area contributed by atoms with Crippen molar-refractivity contribution in [3.8, 4) is 11.9 Å². The number of carbonyl (C=O) groups is 1. The molecule has 1 aromatic rings. The molecule has 2 unspecified atom stereocenters. The van der Waals surface area contributed by atoms with E-state index in [2.05, 4.69) is 23.6 Å². The van der Waals surface area contributed by atoms with Gasteiger partial charge in [-0.1, -0.05) is 12.1 Å². The molecule has 6 nitrogen and oxygen atoms in total. The van der Waals surface area contributed by atoms with Crippen LogP contribution in [0.5, 0.6) is 5.75 Å². The molecule has 5 aliphatic rings. The van der Waals surface area contributed by atoms with Gasteiger partial charge in [-0.25, -0.2) is 0 Å². The van der Waals surface area contributed by atoms with Crippen molar-refractivity contribution in [3.63, 3.8) is 0 Å². The van der Waals surface area contributed by atoms with E-state index in [0.717, 1.165) is 56.5 Å². The number of methoxy groups -OCH3 is 1. The summed E-state index contributed by atoms with van der Waals surface area (Å²) in [5, 5.41) is 12.4. The molecule has 3 N–H and O–H groups in total. The first-order valence-corrected chi connectivity index (χ1v) is 10.7. The molecule has 5 saturated carbocycles. The monoisotopic (exact) mass is 392 g/mol. The first kappa shape index (κ1) is 18.5. The normalized spacial score (nSPS) is 36.3. The van der Waals surface area contributed by atoms with Gasteiger partial charge >= 0.3 is 0 Å². The molecular weight excluding hydrogens is 364 g/mol. The summed E-state index contributed by atoms with van der Waals surface area (Å²) in [6.45, 7) is 0. The number of nitrogens with zero attached hydrogens (tertiary/aromatic N) is 2. The quantitative estimate of drug-likeness (QED) is 0.348. The van der Waals surface area contributed by atoms with Gasteiger partial charge in [0, 0.05) is 5.41 Å². The molecule has 0 aliphatic heterocycles. The van der Waals surface area contributed by atoms with E-state index in [1.807, 2.05) is 12.1 Å². The Balaban J connectivity index is 1.46. The molecule has 5 aliphatic carbocycles. The topological polar surface area (TPSA) is 100 Å². The number of nitrogens with two attached hydrogens (primary N) is 1. The Bertz CT molecular complexity index is 880. The highest BCUT2D eigenvalue weighted by atomic mass is 16.5. The lowest BCUT2D eigenvalue weighted by atomic mass is 9.48. The number of aliphatic imine (C=N–C) groups is 1. The first-order chi connectivity index (χ1) is 14.0. The van der Waals surface area contributed by atoms with Crippen LogP contribution in [0.3, 0.4) is 0 Å². The van der Waals surface area contributed by atoms with Crippen LogP contribution in [0.4, 0.5) is 0 Å². The number of amidine groups is 1. The molecular formula is C23H28N4O2. The third kappa shape index (κ3) is 2.82. The lowest BCUT2D eigenvalue weighted by Crippen LogP contribution is -2.57. The van der Waals surface area contributed by atoms with Crippen molar-refractivity contribution in [1.29, 1.82) is 5.26 Å². The molecule has 152 valence electrons. The Morgan fingerprint density at radius 2 is 1.86 bits per heavy atom. The number of nitriles is 1. The fraction of sp³-hybridized carbons (Fsp3) is 0.609. The zero-order chi connectivity index (χ0) is 20.2. The van der Waals surface area contributed by atoms with Gasteiger partial charge in [0.15, 0.2) is 6.19 Å². The summed E-state index contributed by atoms with van der Waals surface area (Å²) < 4.78 is 5.29. The maximum atomic E-state index is 12.2. The van der Waals surface area contributed by atoms with Crippen LogP contribution in [0.25, 0.3) is 0 Å². The van der Waals surface area contributed by atoms with Crippen molar-refractivity contribution in [2.24, 2.45) is 33.9 Å². The number of ether oxygens (including phenoxy) is 1. The van der Waals surface area contributed by atoms with Gasteiger partial charge in [-0.15, -0.1) is 0 Å². The van der Waals surface area contributed by atoms with Crippen molar-refractivity contribution in [2.75, 3.05) is 7.11 Å². The van der Waals surface area contributed by atoms with Gasteiger partial charge in [0.05, 0.1) is 18.6 Å². The smallest absolute Gasteiger partial charge is 0.223 e. The predicted octanol–water partition coefficient (Wildman–Crippen LogP) is 2.88. The molecule has 0 aromatic heterocycles. The zero-order valence-electron chi connectivity index (χ0n) is 16.9. The van der Waals surface area contributed by atoms with Crippen LogP contribution in [0.2, 0.25) is 0 Å². The van der Waals surface area contributed by atoms with E-state index in [4.69, 9.17) is 15.5 Å². The van der Waals surface area contributed by atoms with E-state index in [1.54, 1.807) is 7.11 Å². The van der Waals surface area contributed by atoms with Gasteiger partial charge in [0.25, 0.3) is 0 Å². The van der Waals surface area contributed by atoms with E-state index in [-0.39, 0.29) is 22.8 Å². The summed E-state index contributed by atoms with van der Waals surface area (Å²) in [4.78, 5) is 17.4. The molecule has 29 heavy (non-hydrogen) atoms. The maximum absolute atomic E-state index is 12.2.